The van der Waals surface area contributed by atoms with Crippen LogP contribution in [-0.4, -0.2) is 6.04 Å². The van der Waals surface area contributed by atoms with Crippen molar-refractivity contribution >= 4 is 5.69 Å². The van der Waals surface area contributed by atoms with Crippen LogP contribution in [0.3, 0.4) is 0 Å². The highest BCUT2D eigenvalue weighted by Gasteiger charge is 2.15. The Labute approximate surface area is 98.6 Å². The van der Waals surface area contributed by atoms with Crippen LogP contribution >= 0.6 is 0 Å². The molecule has 1 saturated carbocycles. The number of hydrogen-bond donors (Lipinski definition) is 1. The van der Waals surface area contributed by atoms with Crippen molar-refractivity contribution < 1.29 is 0 Å². The van der Waals surface area contributed by atoms with E-state index in [0.717, 1.165) is 0 Å². The molecule has 1 N–H and O–H groups in total. The molecule has 0 bridgehead atoms. The van der Waals surface area contributed by atoms with Crippen LogP contribution in [0.2, 0.25) is 0 Å². The zero-order valence-corrected chi connectivity index (χ0v) is 10.1. The molecule has 0 heterocycles. The minimum Gasteiger partial charge on any atom is -0.379 e. The van der Waals surface area contributed by atoms with E-state index in [1.54, 1.807) is 0 Å². The summed E-state index contributed by atoms with van der Waals surface area (Å²) in [5, 5.41) is 3.60. The monoisotopic (exact) mass is 215 g/mol. The Morgan fingerprint density at radius 1 is 1.12 bits per heavy atom. The molecule has 1 nitrogen and oxygen atoms in total. The summed E-state index contributed by atoms with van der Waals surface area (Å²) in [4.78, 5) is 0. The van der Waals surface area contributed by atoms with Gasteiger partial charge in [0.2, 0.25) is 0 Å². The van der Waals surface area contributed by atoms with Crippen LogP contribution < -0.4 is 5.32 Å². The molecule has 1 aromatic rings. The number of nitrogens with one attached hydrogen (secondary N) is 1. The third-order valence-corrected chi connectivity index (χ3v) is 3.38. The molecule has 0 radical (unpaired) electrons. The lowest BCUT2D eigenvalue weighted by Crippen LogP contribution is -2.20. The van der Waals surface area contributed by atoms with Gasteiger partial charge >= 0.3 is 0 Å². The number of aryl methyl sites for hydroxylation is 1. The Kier molecular flexibility index (Phi) is 3.66. The molecule has 1 aromatic carbocycles. The molecule has 1 fully saturated rings. The predicted octanol–water partition coefficient (Wildman–Crippen LogP) is 4.30. The zero-order valence-electron chi connectivity index (χ0n) is 10.1. The first-order valence-electron chi connectivity index (χ1n) is 6.26. The van der Waals surface area contributed by atoms with E-state index in [-0.39, 0.29) is 0 Å². The van der Waals surface area contributed by atoms with E-state index in [4.69, 9.17) is 0 Å². The SMILES string of the molecule is C=C1CCCCC[C@@H]1Nc1ccc(C)cc1. The van der Waals surface area contributed by atoms with Gasteiger partial charge in [0.05, 0.1) is 0 Å². The lowest BCUT2D eigenvalue weighted by molar-refractivity contribution is 0.676. The summed E-state index contributed by atoms with van der Waals surface area (Å²) in [6, 6.07) is 9.11. The Balaban J connectivity index is 2.02. The number of hydrogen-bond acceptors (Lipinski definition) is 1. The van der Waals surface area contributed by atoms with Crippen molar-refractivity contribution in [1.29, 1.82) is 0 Å². The van der Waals surface area contributed by atoms with Gasteiger partial charge in [-0.1, -0.05) is 42.7 Å². The van der Waals surface area contributed by atoms with E-state index in [2.05, 4.69) is 43.1 Å². The highest BCUT2D eigenvalue weighted by Crippen LogP contribution is 2.24. The molecule has 1 aliphatic rings. The van der Waals surface area contributed by atoms with Gasteiger partial charge in [0.1, 0.15) is 0 Å². The van der Waals surface area contributed by atoms with Gasteiger partial charge in [-0.15, -0.1) is 0 Å². The molecule has 86 valence electrons. The van der Waals surface area contributed by atoms with Gasteiger partial charge in [-0.2, -0.15) is 0 Å². The maximum Gasteiger partial charge on any atom is 0.0471 e. The summed E-state index contributed by atoms with van der Waals surface area (Å²) in [5.74, 6) is 0. The molecule has 0 unspecified atom stereocenters. The Hall–Kier alpha value is -1.24. The highest BCUT2D eigenvalue weighted by molar-refractivity contribution is 5.46. The molecule has 0 amide bonds. The average Bonchev–Trinajstić information content (AvgIpc) is 2.48. The molecule has 1 atom stereocenters. The lowest BCUT2D eigenvalue weighted by atomic mass is 10.0. The fourth-order valence-corrected chi connectivity index (χ4v) is 2.28. The molecule has 0 aliphatic heterocycles. The first kappa shape index (κ1) is 11.3. The van der Waals surface area contributed by atoms with Crippen LogP contribution in [0.15, 0.2) is 36.4 Å². The second-order valence-corrected chi connectivity index (χ2v) is 4.82. The minimum absolute atomic E-state index is 0.477. The van der Waals surface area contributed by atoms with Crippen molar-refractivity contribution in [3.05, 3.63) is 42.0 Å². The third-order valence-electron chi connectivity index (χ3n) is 3.38. The van der Waals surface area contributed by atoms with Gasteiger partial charge in [-0.3, -0.25) is 0 Å². The van der Waals surface area contributed by atoms with Crippen LogP contribution in [0.4, 0.5) is 5.69 Å². The lowest BCUT2D eigenvalue weighted by Gasteiger charge is -2.20. The van der Waals surface area contributed by atoms with Crippen molar-refractivity contribution in [2.24, 2.45) is 0 Å². The highest BCUT2D eigenvalue weighted by atomic mass is 14.9. The van der Waals surface area contributed by atoms with Gasteiger partial charge in [0.25, 0.3) is 0 Å². The van der Waals surface area contributed by atoms with E-state index < -0.39 is 0 Å². The Morgan fingerprint density at radius 3 is 2.62 bits per heavy atom. The summed E-state index contributed by atoms with van der Waals surface area (Å²) >= 11 is 0. The fourth-order valence-electron chi connectivity index (χ4n) is 2.28. The summed E-state index contributed by atoms with van der Waals surface area (Å²) in [5.41, 5.74) is 3.90. The molecule has 0 spiro atoms. The molecule has 2 rings (SSSR count). The Morgan fingerprint density at radius 2 is 1.88 bits per heavy atom. The molecule has 16 heavy (non-hydrogen) atoms. The average molecular weight is 215 g/mol. The first-order chi connectivity index (χ1) is 7.75. The van der Waals surface area contributed by atoms with Gasteiger partial charge in [-0.05, 0) is 38.3 Å². The van der Waals surface area contributed by atoms with Crippen LogP contribution in [0.25, 0.3) is 0 Å². The van der Waals surface area contributed by atoms with E-state index in [1.165, 1.54) is 48.9 Å². The molecular weight excluding hydrogens is 194 g/mol. The quantitative estimate of drug-likeness (QED) is 0.573. The zero-order chi connectivity index (χ0) is 11.4. The standard InChI is InChI=1S/C15H21N/c1-12-8-10-14(11-9-12)16-15-7-5-3-4-6-13(15)2/h8-11,15-16H,2-7H2,1H3/t15-/m0/s1. The minimum atomic E-state index is 0.477. The molecule has 0 aromatic heterocycles. The van der Waals surface area contributed by atoms with Crippen LogP contribution in [0.5, 0.6) is 0 Å². The number of rotatable bonds is 2. The maximum atomic E-state index is 4.21. The van der Waals surface area contributed by atoms with E-state index >= 15 is 0 Å². The van der Waals surface area contributed by atoms with Crippen molar-refractivity contribution in [3.63, 3.8) is 0 Å². The predicted molar refractivity (Wildman–Crippen MR) is 70.8 cm³/mol. The van der Waals surface area contributed by atoms with Crippen molar-refractivity contribution in [2.75, 3.05) is 5.32 Å². The molecular formula is C15H21N. The summed E-state index contributed by atoms with van der Waals surface area (Å²) in [6.07, 6.45) is 6.40. The Bertz CT molecular complexity index is 350. The number of anilines is 1. The summed E-state index contributed by atoms with van der Waals surface area (Å²) in [7, 11) is 0. The summed E-state index contributed by atoms with van der Waals surface area (Å²) in [6.45, 7) is 6.33. The largest absolute Gasteiger partial charge is 0.379 e. The van der Waals surface area contributed by atoms with Crippen LogP contribution in [0, 0.1) is 6.92 Å². The maximum absolute atomic E-state index is 4.21. The smallest absolute Gasteiger partial charge is 0.0471 e. The van der Waals surface area contributed by atoms with Crippen LogP contribution in [-0.2, 0) is 0 Å². The molecule has 1 heteroatoms. The van der Waals surface area contributed by atoms with Gasteiger partial charge in [0, 0.05) is 11.7 Å². The van der Waals surface area contributed by atoms with Crippen molar-refractivity contribution in [3.8, 4) is 0 Å². The van der Waals surface area contributed by atoms with E-state index in [9.17, 15) is 0 Å². The van der Waals surface area contributed by atoms with E-state index in [0.29, 0.717) is 6.04 Å². The van der Waals surface area contributed by atoms with E-state index in [1.807, 2.05) is 0 Å². The summed E-state index contributed by atoms with van der Waals surface area (Å²) < 4.78 is 0. The van der Waals surface area contributed by atoms with Crippen molar-refractivity contribution in [2.45, 2.75) is 45.1 Å². The van der Waals surface area contributed by atoms with Crippen molar-refractivity contribution in [1.82, 2.24) is 0 Å². The fraction of sp³-hybridized carbons (Fsp3) is 0.467. The first-order valence-corrected chi connectivity index (χ1v) is 6.26. The normalized spacial score (nSPS) is 21.6. The van der Waals surface area contributed by atoms with Gasteiger partial charge in [-0.25, -0.2) is 0 Å². The van der Waals surface area contributed by atoms with Gasteiger partial charge in [0.15, 0.2) is 0 Å². The van der Waals surface area contributed by atoms with Gasteiger partial charge < -0.3 is 5.32 Å². The second kappa shape index (κ2) is 5.20. The van der Waals surface area contributed by atoms with Crippen LogP contribution in [0.1, 0.15) is 37.7 Å². The molecule has 0 saturated heterocycles. The number of benzene rings is 1. The second-order valence-electron chi connectivity index (χ2n) is 4.82. The topological polar surface area (TPSA) is 12.0 Å². The molecule has 1 aliphatic carbocycles. The third kappa shape index (κ3) is 2.88.